The van der Waals surface area contributed by atoms with Gasteiger partial charge in [-0.25, -0.2) is 4.79 Å². The van der Waals surface area contributed by atoms with Gasteiger partial charge in [0.25, 0.3) is 0 Å². The first-order valence-corrected chi connectivity index (χ1v) is 7.42. The van der Waals surface area contributed by atoms with E-state index in [1.54, 1.807) is 19.2 Å². The van der Waals surface area contributed by atoms with Crippen LogP contribution in [0.25, 0.3) is 11.3 Å². The van der Waals surface area contributed by atoms with Crippen molar-refractivity contribution < 1.29 is 14.3 Å². The number of nitrogens with one attached hydrogen (secondary N) is 2. The van der Waals surface area contributed by atoms with E-state index in [0.717, 1.165) is 17.0 Å². The Bertz CT molecular complexity index is 798. The Morgan fingerprint density at radius 3 is 2.58 bits per heavy atom. The SMILES string of the molecule is COc1ccc(-c2cc(COC(=O)Nc3ccccc3)[nH]n2)cc1. The first kappa shape index (κ1) is 15.6. The summed E-state index contributed by atoms with van der Waals surface area (Å²) in [5.74, 6) is 0.787. The highest BCUT2D eigenvalue weighted by atomic mass is 16.5. The Morgan fingerprint density at radius 2 is 1.88 bits per heavy atom. The van der Waals surface area contributed by atoms with Gasteiger partial charge < -0.3 is 9.47 Å². The number of carbonyl (C=O) groups excluding carboxylic acids is 1. The number of H-pyrrole nitrogens is 1. The molecule has 0 aliphatic heterocycles. The summed E-state index contributed by atoms with van der Waals surface area (Å²) in [7, 11) is 1.62. The van der Waals surface area contributed by atoms with Crippen molar-refractivity contribution in [2.45, 2.75) is 6.61 Å². The van der Waals surface area contributed by atoms with Crippen LogP contribution in [-0.4, -0.2) is 23.4 Å². The van der Waals surface area contributed by atoms with E-state index >= 15 is 0 Å². The van der Waals surface area contributed by atoms with Gasteiger partial charge in [0, 0.05) is 11.3 Å². The van der Waals surface area contributed by atoms with E-state index < -0.39 is 6.09 Å². The Balaban J connectivity index is 1.56. The molecular formula is C18H17N3O3. The highest BCUT2D eigenvalue weighted by Gasteiger charge is 2.07. The minimum absolute atomic E-state index is 0.113. The molecule has 0 saturated carbocycles. The van der Waals surface area contributed by atoms with Crippen molar-refractivity contribution in [1.29, 1.82) is 0 Å². The lowest BCUT2D eigenvalue weighted by Gasteiger charge is -2.05. The molecule has 2 N–H and O–H groups in total. The maximum Gasteiger partial charge on any atom is 0.412 e. The Hall–Kier alpha value is -3.28. The zero-order chi connectivity index (χ0) is 16.8. The Kier molecular flexibility index (Phi) is 4.76. The van der Waals surface area contributed by atoms with E-state index in [4.69, 9.17) is 9.47 Å². The third kappa shape index (κ3) is 3.92. The third-order valence-electron chi connectivity index (χ3n) is 3.40. The minimum Gasteiger partial charge on any atom is -0.497 e. The fourth-order valence-electron chi connectivity index (χ4n) is 2.16. The lowest BCUT2D eigenvalue weighted by atomic mass is 10.1. The van der Waals surface area contributed by atoms with Gasteiger partial charge in [-0.15, -0.1) is 0 Å². The van der Waals surface area contributed by atoms with Crippen LogP contribution in [0.3, 0.4) is 0 Å². The van der Waals surface area contributed by atoms with E-state index in [1.165, 1.54) is 0 Å². The lowest BCUT2D eigenvalue weighted by Crippen LogP contribution is -2.13. The van der Waals surface area contributed by atoms with E-state index in [9.17, 15) is 4.79 Å². The fourth-order valence-corrected chi connectivity index (χ4v) is 2.16. The number of aromatic nitrogens is 2. The summed E-state index contributed by atoms with van der Waals surface area (Å²) in [6.45, 7) is 0.113. The van der Waals surface area contributed by atoms with Crippen molar-refractivity contribution in [1.82, 2.24) is 10.2 Å². The van der Waals surface area contributed by atoms with Crippen LogP contribution in [-0.2, 0) is 11.3 Å². The first-order chi connectivity index (χ1) is 11.7. The summed E-state index contributed by atoms with van der Waals surface area (Å²) in [6.07, 6.45) is -0.512. The van der Waals surface area contributed by atoms with Crippen LogP contribution in [0.1, 0.15) is 5.69 Å². The van der Waals surface area contributed by atoms with Crippen molar-refractivity contribution >= 4 is 11.8 Å². The van der Waals surface area contributed by atoms with Crippen molar-refractivity contribution in [2.75, 3.05) is 12.4 Å². The second-order valence-electron chi connectivity index (χ2n) is 5.07. The molecule has 2 aromatic carbocycles. The highest BCUT2D eigenvalue weighted by Crippen LogP contribution is 2.21. The number of nitrogens with zero attached hydrogens (tertiary/aromatic N) is 1. The van der Waals surface area contributed by atoms with Gasteiger partial charge in [-0.1, -0.05) is 18.2 Å². The number of hydrogen-bond donors (Lipinski definition) is 2. The molecule has 1 aromatic heterocycles. The van der Waals surface area contributed by atoms with Crippen LogP contribution < -0.4 is 10.1 Å². The highest BCUT2D eigenvalue weighted by molar-refractivity contribution is 5.84. The zero-order valence-electron chi connectivity index (χ0n) is 13.2. The standard InChI is InChI=1S/C18H17N3O3/c1-23-16-9-7-13(8-10-16)17-11-15(20-21-17)12-24-18(22)19-14-5-3-2-4-6-14/h2-11H,12H2,1H3,(H,19,22)(H,20,21). The van der Waals surface area contributed by atoms with Crippen LogP contribution in [0, 0.1) is 0 Å². The lowest BCUT2D eigenvalue weighted by molar-refractivity contribution is 0.153. The van der Waals surface area contributed by atoms with Crippen molar-refractivity contribution in [2.24, 2.45) is 0 Å². The molecule has 0 spiro atoms. The summed E-state index contributed by atoms with van der Waals surface area (Å²) >= 11 is 0. The van der Waals surface area contributed by atoms with Gasteiger partial charge >= 0.3 is 6.09 Å². The summed E-state index contributed by atoms with van der Waals surface area (Å²) < 4.78 is 10.3. The Labute approximate surface area is 139 Å². The van der Waals surface area contributed by atoms with Gasteiger partial charge in [-0.3, -0.25) is 10.4 Å². The molecule has 0 atom stereocenters. The van der Waals surface area contributed by atoms with Crippen LogP contribution in [0.4, 0.5) is 10.5 Å². The average Bonchev–Trinajstić information content (AvgIpc) is 3.10. The number of hydrogen-bond acceptors (Lipinski definition) is 4. The normalized spacial score (nSPS) is 10.2. The number of anilines is 1. The molecule has 3 rings (SSSR count). The summed E-state index contributed by atoms with van der Waals surface area (Å²) in [4.78, 5) is 11.8. The summed E-state index contributed by atoms with van der Waals surface area (Å²) in [5.41, 5.74) is 3.13. The number of para-hydroxylation sites is 1. The molecule has 6 nitrogen and oxygen atoms in total. The molecule has 0 unspecified atom stereocenters. The maximum absolute atomic E-state index is 11.8. The van der Waals surface area contributed by atoms with E-state index in [2.05, 4.69) is 15.5 Å². The predicted molar refractivity (Wildman–Crippen MR) is 90.8 cm³/mol. The molecule has 0 aliphatic rings. The molecule has 0 bridgehead atoms. The van der Waals surface area contributed by atoms with Crippen LogP contribution in [0.15, 0.2) is 60.7 Å². The molecule has 1 heterocycles. The average molecular weight is 323 g/mol. The molecule has 3 aromatic rings. The van der Waals surface area contributed by atoms with Crippen molar-refractivity contribution in [3.8, 4) is 17.0 Å². The number of ether oxygens (including phenoxy) is 2. The smallest absolute Gasteiger partial charge is 0.412 e. The number of amides is 1. The number of carbonyl (C=O) groups is 1. The zero-order valence-corrected chi connectivity index (χ0v) is 13.2. The van der Waals surface area contributed by atoms with Crippen LogP contribution >= 0.6 is 0 Å². The second kappa shape index (κ2) is 7.32. The van der Waals surface area contributed by atoms with E-state index in [0.29, 0.717) is 11.4 Å². The molecule has 24 heavy (non-hydrogen) atoms. The minimum atomic E-state index is -0.512. The summed E-state index contributed by atoms with van der Waals surface area (Å²) in [5, 5.41) is 9.75. The second-order valence-corrected chi connectivity index (χ2v) is 5.07. The molecule has 1 amide bonds. The molecule has 0 fully saturated rings. The van der Waals surface area contributed by atoms with Gasteiger partial charge in [0.1, 0.15) is 12.4 Å². The Morgan fingerprint density at radius 1 is 1.12 bits per heavy atom. The molecule has 0 saturated heterocycles. The number of benzene rings is 2. The molecule has 6 heteroatoms. The molecule has 0 aliphatic carbocycles. The van der Waals surface area contributed by atoms with E-state index in [-0.39, 0.29) is 6.61 Å². The number of rotatable bonds is 5. The molecular weight excluding hydrogens is 306 g/mol. The van der Waals surface area contributed by atoms with Crippen molar-refractivity contribution in [3.05, 3.63) is 66.4 Å². The van der Waals surface area contributed by atoms with Gasteiger partial charge in [-0.05, 0) is 42.5 Å². The van der Waals surface area contributed by atoms with Gasteiger partial charge in [-0.2, -0.15) is 5.10 Å². The summed E-state index contributed by atoms with van der Waals surface area (Å²) in [6, 6.07) is 18.6. The molecule has 0 radical (unpaired) electrons. The third-order valence-corrected chi connectivity index (χ3v) is 3.40. The maximum atomic E-state index is 11.8. The van der Waals surface area contributed by atoms with Crippen molar-refractivity contribution in [3.63, 3.8) is 0 Å². The topological polar surface area (TPSA) is 76.2 Å². The number of methoxy groups -OCH3 is 1. The van der Waals surface area contributed by atoms with Crippen LogP contribution in [0.5, 0.6) is 5.75 Å². The van der Waals surface area contributed by atoms with Gasteiger partial charge in [0.2, 0.25) is 0 Å². The van der Waals surface area contributed by atoms with Crippen LogP contribution in [0.2, 0.25) is 0 Å². The van der Waals surface area contributed by atoms with E-state index in [1.807, 2.05) is 48.5 Å². The first-order valence-electron chi connectivity index (χ1n) is 7.42. The van der Waals surface area contributed by atoms with Gasteiger partial charge in [0.05, 0.1) is 18.5 Å². The fraction of sp³-hybridized carbons (Fsp3) is 0.111. The quantitative estimate of drug-likeness (QED) is 0.748. The molecule has 122 valence electrons. The number of aromatic amines is 1. The monoisotopic (exact) mass is 323 g/mol. The predicted octanol–water partition coefficient (Wildman–Crippen LogP) is 3.83. The largest absolute Gasteiger partial charge is 0.497 e. The van der Waals surface area contributed by atoms with Gasteiger partial charge in [0.15, 0.2) is 0 Å².